The molecule has 3 rings (SSSR count). The minimum absolute atomic E-state index is 0.0231. The van der Waals surface area contributed by atoms with Crippen LogP contribution in [0.3, 0.4) is 0 Å². The molecule has 1 saturated carbocycles. The second-order valence-electron chi connectivity index (χ2n) is 9.50. The Labute approximate surface area is 193 Å². The Morgan fingerprint density at radius 1 is 1.27 bits per heavy atom. The van der Waals surface area contributed by atoms with E-state index in [0.29, 0.717) is 25.8 Å². The summed E-state index contributed by atoms with van der Waals surface area (Å²) in [5.74, 6) is -2.25. The van der Waals surface area contributed by atoms with Crippen molar-refractivity contribution in [3.63, 3.8) is 0 Å². The number of nitrogens with two attached hydrogens (primary N) is 1. The first-order valence-electron chi connectivity index (χ1n) is 11.4. The summed E-state index contributed by atoms with van der Waals surface area (Å²) in [5, 5.41) is 7.82. The second-order valence-corrected chi connectivity index (χ2v) is 9.50. The second kappa shape index (κ2) is 9.93. The minimum atomic E-state index is -0.871. The molecule has 1 aliphatic heterocycles. The van der Waals surface area contributed by atoms with E-state index in [4.69, 9.17) is 5.73 Å². The van der Waals surface area contributed by atoms with Gasteiger partial charge in [0.2, 0.25) is 11.8 Å². The number of likely N-dealkylation sites (tertiary alicyclic amines) is 1. The fourth-order valence-electron chi connectivity index (χ4n) is 5.41. The first-order chi connectivity index (χ1) is 15.6. The van der Waals surface area contributed by atoms with Crippen LogP contribution in [0.5, 0.6) is 0 Å². The Hall–Kier alpha value is -2.90. The highest BCUT2D eigenvalue weighted by atomic mass is 19.1. The molecule has 1 heterocycles. The lowest BCUT2D eigenvalue weighted by Crippen LogP contribution is -2.50. The van der Waals surface area contributed by atoms with Crippen LogP contribution in [0.15, 0.2) is 47.3 Å². The zero-order valence-corrected chi connectivity index (χ0v) is 19.4. The number of amides is 2. The molecule has 178 valence electrons. The lowest BCUT2D eigenvalue weighted by atomic mass is 9.72. The first-order valence-corrected chi connectivity index (χ1v) is 11.4. The van der Waals surface area contributed by atoms with E-state index in [1.807, 2.05) is 6.92 Å². The van der Waals surface area contributed by atoms with Gasteiger partial charge in [0.1, 0.15) is 17.7 Å². The summed E-state index contributed by atoms with van der Waals surface area (Å²) in [4.78, 5) is 27.3. The standard InChI is InChI=1S/C25H32F2N4O2/c1-5-29-30-20(22-18(26)8-6-9-19(22)27)14-17-16(15(2)3)11-12-25(17,4)24(33)31-13-7-10-21(31)23(28)32/h5-6,8-9,14-17,21H,1,7,10-13H2,2-4H3,(H2,28,32)/b20-14-,30-29-/t16-,17?,21-,25-/m0/s1. The average Bonchev–Trinajstić information content (AvgIpc) is 3.37. The third-order valence-corrected chi connectivity index (χ3v) is 7.18. The van der Waals surface area contributed by atoms with Gasteiger partial charge < -0.3 is 10.6 Å². The van der Waals surface area contributed by atoms with E-state index in [-0.39, 0.29) is 34.9 Å². The molecule has 0 spiro atoms. The maximum atomic E-state index is 14.7. The molecule has 2 fully saturated rings. The molecule has 1 aliphatic carbocycles. The smallest absolute Gasteiger partial charge is 0.240 e. The van der Waals surface area contributed by atoms with Crippen molar-refractivity contribution in [2.45, 2.75) is 52.5 Å². The molecule has 0 aromatic heterocycles. The lowest BCUT2D eigenvalue weighted by Gasteiger charge is -2.37. The van der Waals surface area contributed by atoms with Gasteiger partial charge in [-0.25, -0.2) is 8.78 Å². The number of azo groups is 1. The molecule has 1 aromatic carbocycles. The Kier molecular flexibility index (Phi) is 7.44. The third kappa shape index (κ3) is 4.75. The monoisotopic (exact) mass is 458 g/mol. The van der Waals surface area contributed by atoms with Gasteiger partial charge >= 0.3 is 0 Å². The number of allylic oxidation sites excluding steroid dienone is 1. The van der Waals surface area contributed by atoms with E-state index < -0.39 is 29.0 Å². The van der Waals surface area contributed by atoms with E-state index >= 15 is 0 Å². The summed E-state index contributed by atoms with van der Waals surface area (Å²) in [5.41, 5.74) is 4.42. The normalized spacial score (nSPS) is 28.1. The molecule has 1 unspecified atom stereocenters. The highest BCUT2D eigenvalue weighted by Crippen LogP contribution is 2.53. The molecule has 1 saturated heterocycles. The van der Waals surface area contributed by atoms with Gasteiger partial charge in [-0.15, -0.1) is 0 Å². The van der Waals surface area contributed by atoms with E-state index in [2.05, 4.69) is 30.7 Å². The van der Waals surface area contributed by atoms with Crippen LogP contribution in [-0.4, -0.2) is 29.3 Å². The van der Waals surface area contributed by atoms with Gasteiger partial charge in [0.05, 0.1) is 16.7 Å². The van der Waals surface area contributed by atoms with E-state index in [1.165, 1.54) is 12.3 Å². The van der Waals surface area contributed by atoms with Crippen LogP contribution in [-0.2, 0) is 9.59 Å². The first kappa shape index (κ1) is 24.7. The van der Waals surface area contributed by atoms with Crippen molar-refractivity contribution in [1.82, 2.24) is 4.90 Å². The molecule has 2 N–H and O–H groups in total. The van der Waals surface area contributed by atoms with Gasteiger partial charge in [0.15, 0.2) is 0 Å². The van der Waals surface area contributed by atoms with Gasteiger partial charge in [0, 0.05) is 12.7 Å². The maximum absolute atomic E-state index is 14.7. The van der Waals surface area contributed by atoms with Crippen molar-refractivity contribution in [2.75, 3.05) is 6.54 Å². The summed E-state index contributed by atoms with van der Waals surface area (Å²) in [6.07, 6.45) is 5.48. The Balaban J connectivity index is 2.12. The highest BCUT2D eigenvalue weighted by molar-refractivity contribution is 5.90. The molecule has 4 atom stereocenters. The summed E-state index contributed by atoms with van der Waals surface area (Å²) in [6, 6.07) is 2.99. The molecule has 8 heteroatoms. The summed E-state index contributed by atoms with van der Waals surface area (Å²) >= 11 is 0. The van der Waals surface area contributed by atoms with Crippen molar-refractivity contribution in [2.24, 2.45) is 39.1 Å². The molecule has 33 heavy (non-hydrogen) atoms. The number of primary amides is 1. The van der Waals surface area contributed by atoms with Gasteiger partial charge in [0.25, 0.3) is 0 Å². The fraction of sp³-hybridized carbons (Fsp3) is 0.520. The molecule has 0 radical (unpaired) electrons. The molecular weight excluding hydrogens is 426 g/mol. The molecule has 2 amide bonds. The van der Waals surface area contributed by atoms with Crippen molar-refractivity contribution < 1.29 is 18.4 Å². The largest absolute Gasteiger partial charge is 0.368 e. The van der Waals surface area contributed by atoms with Crippen LogP contribution in [0.1, 0.15) is 52.0 Å². The van der Waals surface area contributed by atoms with Crippen LogP contribution in [0.2, 0.25) is 0 Å². The number of nitrogens with zero attached hydrogens (tertiary/aromatic N) is 3. The van der Waals surface area contributed by atoms with Crippen molar-refractivity contribution in [3.8, 4) is 0 Å². The van der Waals surface area contributed by atoms with Gasteiger partial charge in [-0.2, -0.15) is 10.2 Å². The van der Waals surface area contributed by atoms with Crippen LogP contribution in [0.4, 0.5) is 8.78 Å². The van der Waals surface area contributed by atoms with Crippen LogP contribution in [0.25, 0.3) is 5.70 Å². The van der Waals surface area contributed by atoms with Gasteiger partial charge in [-0.3, -0.25) is 9.59 Å². The Morgan fingerprint density at radius 3 is 2.52 bits per heavy atom. The number of benzene rings is 1. The molecule has 2 aliphatic rings. The predicted molar refractivity (Wildman–Crippen MR) is 122 cm³/mol. The highest BCUT2D eigenvalue weighted by Gasteiger charge is 2.53. The number of carbonyl (C=O) groups excluding carboxylic acids is 2. The van der Waals surface area contributed by atoms with E-state index in [9.17, 15) is 18.4 Å². The average molecular weight is 459 g/mol. The molecule has 6 nitrogen and oxygen atoms in total. The van der Waals surface area contributed by atoms with Crippen molar-refractivity contribution in [1.29, 1.82) is 0 Å². The van der Waals surface area contributed by atoms with Gasteiger partial charge in [-0.05, 0) is 55.6 Å². The number of rotatable bonds is 7. The van der Waals surface area contributed by atoms with Crippen molar-refractivity contribution in [3.05, 3.63) is 54.3 Å². The minimum Gasteiger partial charge on any atom is -0.368 e. The quantitative estimate of drug-likeness (QED) is 0.579. The zero-order chi connectivity index (χ0) is 24.3. The summed E-state index contributed by atoms with van der Waals surface area (Å²) in [6.45, 7) is 9.97. The Morgan fingerprint density at radius 2 is 1.94 bits per heavy atom. The topological polar surface area (TPSA) is 88.1 Å². The number of carbonyl (C=O) groups is 2. The van der Waals surface area contributed by atoms with Crippen LogP contribution in [0, 0.1) is 34.8 Å². The number of hydrogen-bond acceptors (Lipinski definition) is 4. The number of halogens is 2. The molecule has 0 bridgehead atoms. The lowest BCUT2D eigenvalue weighted by molar-refractivity contribution is -0.147. The molecular formula is C25H32F2N4O2. The third-order valence-electron chi connectivity index (χ3n) is 7.18. The fourth-order valence-corrected chi connectivity index (χ4v) is 5.41. The predicted octanol–water partition coefficient (Wildman–Crippen LogP) is 5.07. The maximum Gasteiger partial charge on any atom is 0.240 e. The summed E-state index contributed by atoms with van der Waals surface area (Å²) < 4.78 is 29.3. The zero-order valence-electron chi connectivity index (χ0n) is 19.4. The van der Waals surface area contributed by atoms with Crippen LogP contribution >= 0.6 is 0 Å². The Bertz CT molecular complexity index is 970. The van der Waals surface area contributed by atoms with Crippen molar-refractivity contribution >= 4 is 17.5 Å². The van der Waals surface area contributed by atoms with Crippen LogP contribution < -0.4 is 5.73 Å². The van der Waals surface area contributed by atoms with E-state index in [1.54, 1.807) is 11.0 Å². The summed E-state index contributed by atoms with van der Waals surface area (Å²) in [7, 11) is 0. The number of hydrogen-bond donors (Lipinski definition) is 1. The van der Waals surface area contributed by atoms with E-state index in [0.717, 1.165) is 18.6 Å². The SMILES string of the molecule is C=C/N=N\C(=C/C1[C@H](C(C)C)CC[C@]1(C)C(=O)N1CCC[C@H]1C(N)=O)c1c(F)cccc1F. The van der Waals surface area contributed by atoms with Gasteiger partial charge in [-0.1, -0.05) is 39.5 Å². The molecule has 1 aromatic rings.